The Morgan fingerprint density at radius 2 is 1.36 bits per heavy atom. The normalized spacial score (nSPS) is 10.0. The van der Waals surface area contributed by atoms with E-state index in [4.69, 9.17) is 0 Å². The Morgan fingerprint density at radius 1 is 0.840 bits per heavy atom. The van der Waals surface area contributed by atoms with Gasteiger partial charge in [-0.3, -0.25) is 14.4 Å². The summed E-state index contributed by atoms with van der Waals surface area (Å²) in [5, 5.41) is 5.43. The quantitative estimate of drug-likeness (QED) is 0.879. The Kier molecular flexibility index (Phi) is 5.89. The van der Waals surface area contributed by atoms with Crippen LogP contribution in [0.5, 0.6) is 0 Å². The number of hydrogen-bond acceptors (Lipinski definition) is 3. The van der Waals surface area contributed by atoms with Gasteiger partial charge in [0.05, 0.1) is 0 Å². The summed E-state index contributed by atoms with van der Waals surface area (Å²) in [7, 11) is 0. The van der Waals surface area contributed by atoms with Crippen LogP contribution in [-0.4, -0.2) is 24.3 Å². The van der Waals surface area contributed by atoms with Gasteiger partial charge in [-0.1, -0.05) is 17.7 Å². The highest BCUT2D eigenvalue weighted by Crippen LogP contribution is 2.18. The molecule has 3 amide bonds. The van der Waals surface area contributed by atoms with E-state index in [-0.39, 0.29) is 24.3 Å². The zero-order valence-electron chi connectivity index (χ0n) is 14.5. The lowest BCUT2D eigenvalue weighted by molar-refractivity contribution is -0.120. The molecular weight excluding hydrogens is 318 g/mol. The molecule has 0 atom stereocenters. The molecule has 0 saturated heterocycles. The van der Waals surface area contributed by atoms with E-state index in [9.17, 15) is 14.4 Å². The van der Waals surface area contributed by atoms with Gasteiger partial charge in [-0.05, 0) is 43.3 Å². The standard InChI is InChI=1S/C19H21N3O3/c1-13-4-6-17(7-5-13)21-19(25)12-22(15(3)24)18-10-8-16(9-11-18)20-14(2)23/h4-11H,12H2,1-3H3,(H,20,23)(H,21,25). The predicted molar refractivity (Wildman–Crippen MR) is 98.6 cm³/mol. The van der Waals surface area contributed by atoms with Crippen LogP contribution >= 0.6 is 0 Å². The van der Waals surface area contributed by atoms with Crippen LogP contribution in [0.4, 0.5) is 17.1 Å². The fourth-order valence-electron chi connectivity index (χ4n) is 2.29. The first-order valence-electron chi connectivity index (χ1n) is 7.87. The highest BCUT2D eigenvalue weighted by molar-refractivity contribution is 6.02. The van der Waals surface area contributed by atoms with Gasteiger partial charge in [0.15, 0.2) is 0 Å². The highest BCUT2D eigenvalue weighted by atomic mass is 16.2. The van der Waals surface area contributed by atoms with Gasteiger partial charge in [-0.25, -0.2) is 0 Å². The molecule has 0 fully saturated rings. The lowest BCUT2D eigenvalue weighted by Crippen LogP contribution is -2.36. The largest absolute Gasteiger partial charge is 0.326 e. The van der Waals surface area contributed by atoms with Crippen LogP contribution in [-0.2, 0) is 14.4 Å². The number of benzene rings is 2. The topological polar surface area (TPSA) is 78.5 Å². The van der Waals surface area contributed by atoms with E-state index in [1.807, 2.05) is 31.2 Å². The molecule has 25 heavy (non-hydrogen) atoms. The van der Waals surface area contributed by atoms with Crippen LogP contribution in [0.1, 0.15) is 19.4 Å². The molecular formula is C19H21N3O3. The highest BCUT2D eigenvalue weighted by Gasteiger charge is 2.16. The Bertz CT molecular complexity index is 768. The molecule has 0 radical (unpaired) electrons. The molecule has 0 spiro atoms. The third-order valence-corrected chi connectivity index (χ3v) is 3.52. The molecule has 2 aromatic rings. The van der Waals surface area contributed by atoms with Gasteiger partial charge in [0.2, 0.25) is 17.7 Å². The summed E-state index contributed by atoms with van der Waals surface area (Å²) in [6.45, 7) is 4.70. The zero-order chi connectivity index (χ0) is 18.4. The van der Waals surface area contributed by atoms with E-state index in [2.05, 4.69) is 10.6 Å². The molecule has 130 valence electrons. The Morgan fingerprint density at radius 3 is 1.88 bits per heavy atom. The first kappa shape index (κ1) is 18.2. The van der Waals surface area contributed by atoms with Crippen molar-refractivity contribution in [3.05, 3.63) is 54.1 Å². The van der Waals surface area contributed by atoms with Crippen molar-refractivity contribution in [2.24, 2.45) is 0 Å². The lowest BCUT2D eigenvalue weighted by Gasteiger charge is -2.21. The molecule has 2 N–H and O–H groups in total. The lowest BCUT2D eigenvalue weighted by atomic mass is 10.2. The van der Waals surface area contributed by atoms with Gasteiger partial charge >= 0.3 is 0 Å². The number of hydrogen-bond donors (Lipinski definition) is 2. The summed E-state index contributed by atoms with van der Waals surface area (Å²) in [5.41, 5.74) is 2.99. The third kappa shape index (κ3) is 5.46. The maximum atomic E-state index is 12.2. The van der Waals surface area contributed by atoms with E-state index in [0.29, 0.717) is 17.1 Å². The number of carbonyl (C=O) groups is 3. The van der Waals surface area contributed by atoms with Crippen LogP contribution < -0.4 is 15.5 Å². The summed E-state index contributed by atoms with van der Waals surface area (Å²) in [6, 6.07) is 14.2. The molecule has 0 aromatic heterocycles. The molecule has 0 bridgehead atoms. The maximum absolute atomic E-state index is 12.2. The number of nitrogens with one attached hydrogen (secondary N) is 2. The molecule has 2 aromatic carbocycles. The van der Waals surface area contributed by atoms with E-state index in [1.54, 1.807) is 24.3 Å². The molecule has 0 saturated carbocycles. The molecule has 6 nitrogen and oxygen atoms in total. The van der Waals surface area contributed by atoms with Gasteiger partial charge < -0.3 is 15.5 Å². The summed E-state index contributed by atoms with van der Waals surface area (Å²) < 4.78 is 0. The fraction of sp³-hybridized carbons (Fsp3) is 0.211. The third-order valence-electron chi connectivity index (χ3n) is 3.52. The van der Waals surface area contributed by atoms with Crippen molar-refractivity contribution in [2.45, 2.75) is 20.8 Å². The Labute approximate surface area is 146 Å². The molecule has 6 heteroatoms. The van der Waals surface area contributed by atoms with Crippen LogP contribution in [0.15, 0.2) is 48.5 Å². The van der Waals surface area contributed by atoms with Crippen LogP contribution in [0.2, 0.25) is 0 Å². The number of nitrogens with zero attached hydrogens (tertiary/aromatic N) is 1. The summed E-state index contributed by atoms with van der Waals surface area (Å²) >= 11 is 0. The average Bonchev–Trinajstić information content (AvgIpc) is 2.55. The minimum atomic E-state index is -0.287. The minimum Gasteiger partial charge on any atom is -0.326 e. The zero-order valence-corrected chi connectivity index (χ0v) is 14.5. The number of amides is 3. The average molecular weight is 339 g/mol. The van der Waals surface area contributed by atoms with E-state index >= 15 is 0 Å². The van der Waals surface area contributed by atoms with Crippen LogP contribution in [0.25, 0.3) is 0 Å². The van der Waals surface area contributed by atoms with Gasteiger partial charge in [0, 0.05) is 30.9 Å². The first-order valence-corrected chi connectivity index (χ1v) is 7.87. The van der Waals surface area contributed by atoms with Crippen molar-refractivity contribution >= 4 is 34.8 Å². The maximum Gasteiger partial charge on any atom is 0.244 e. The summed E-state index contributed by atoms with van der Waals surface area (Å²) in [4.78, 5) is 36.6. The minimum absolute atomic E-state index is 0.0946. The molecule has 0 unspecified atom stereocenters. The predicted octanol–water partition coefficient (Wildman–Crippen LogP) is 2.95. The number of rotatable bonds is 5. The smallest absolute Gasteiger partial charge is 0.244 e. The van der Waals surface area contributed by atoms with Gasteiger partial charge in [0.25, 0.3) is 0 Å². The monoisotopic (exact) mass is 339 g/mol. The molecule has 2 rings (SSSR count). The van der Waals surface area contributed by atoms with Crippen molar-refractivity contribution in [1.29, 1.82) is 0 Å². The Hall–Kier alpha value is -3.15. The number of carbonyl (C=O) groups excluding carboxylic acids is 3. The Balaban J connectivity index is 2.07. The van der Waals surface area contributed by atoms with Crippen molar-refractivity contribution in [3.8, 4) is 0 Å². The van der Waals surface area contributed by atoms with E-state index in [1.165, 1.54) is 18.7 Å². The van der Waals surface area contributed by atoms with Crippen LogP contribution in [0, 0.1) is 6.92 Å². The molecule has 0 aliphatic rings. The van der Waals surface area contributed by atoms with E-state index in [0.717, 1.165) is 5.56 Å². The van der Waals surface area contributed by atoms with Gasteiger partial charge in [0.1, 0.15) is 6.54 Å². The fourth-order valence-corrected chi connectivity index (χ4v) is 2.29. The van der Waals surface area contributed by atoms with Crippen LogP contribution in [0.3, 0.4) is 0 Å². The number of aryl methyl sites for hydroxylation is 1. The molecule has 0 aliphatic heterocycles. The van der Waals surface area contributed by atoms with Gasteiger partial charge in [-0.15, -0.1) is 0 Å². The van der Waals surface area contributed by atoms with Crippen molar-refractivity contribution in [1.82, 2.24) is 0 Å². The number of anilines is 3. The van der Waals surface area contributed by atoms with Crippen molar-refractivity contribution in [3.63, 3.8) is 0 Å². The first-order chi connectivity index (χ1) is 11.8. The second kappa shape index (κ2) is 8.10. The van der Waals surface area contributed by atoms with E-state index < -0.39 is 0 Å². The SMILES string of the molecule is CC(=O)Nc1ccc(N(CC(=O)Nc2ccc(C)cc2)C(C)=O)cc1. The van der Waals surface area contributed by atoms with Crippen molar-refractivity contribution < 1.29 is 14.4 Å². The second-order valence-electron chi connectivity index (χ2n) is 5.75. The summed E-state index contributed by atoms with van der Waals surface area (Å²) in [5.74, 6) is -0.704. The molecule has 0 heterocycles. The van der Waals surface area contributed by atoms with Gasteiger partial charge in [-0.2, -0.15) is 0 Å². The molecule has 0 aliphatic carbocycles. The summed E-state index contributed by atoms with van der Waals surface area (Å²) in [6.07, 6.45) is 0. The second-order valence-corrected chi connectivity index (χ2v) is 5.75. The van der Waals surface area contributed by atoms with Crippen molar-refractivity contribution in [2.75, 3.05) is 22.1 Å².